The number of carboxylic acids is 1. The van der Waals surface area contributed by atoms with Crippen molar-refractivity contribution in [3.8, 4) is 0 Å². The monoisotopic (exact) mass is 246 g/mol. The van der Waals surface area contributed by atoms with Gasteiger partial charge in [0.2, 0.25) is 5.91 Å². The van der Waals surface area contributed by atoms with Crippen molar-refractivity contribution >= 4 is 23.6 Å². The molecule has 0 spiro atoms. The molecule has 0 aromatic carbocycles. The van der Waals surface area contributed by atoms with E-state index >= 15 is 0 Å². The number of hydrogen-bond acceptors (Lipinski definition) is 4. The van der Waals surface area contributed by atoms with E-state index in [1.54, 1.807) is 11.8 Å². The summed E-state index contributed by atoms with van der Waals surface area (Å²) < 4.78 is 0. The highest BCUT2D eigenvalue weighted by Gasteiger charge is 2.30. The van der Waals surface area contributed by atoms with Crippen molar-refractivity contribution in [1.82, 2.24) is 10.2 Å². The van der Waals surface area contributed by atoms with Crippen LogP contribution >= 0.6 is 11.8 Å². The molecule has 1 fully saturated rings. The topological polar surface area (TPSA) is 69.6 Å². The zero-order valence-corrected chi connectivity index (χ0v) is 10.4. The van der Waals surface area contributed by atoms with Crippen LogP contribution < -0.4 is 5.32 Å². The van der Waals surface area contributed by atoms with Crippen molar-refractivity contribution in [2.24, 2.45) is 0 Å². The van der Waals surface area contributed by atoms with Gasteiger partial charge in [0.05, 0.1) is 6.04 Å². The first kappa shape index (κ1) is 13.3. The second kappa shape index (κ2) is 6.10. The largest absolute Gasteiger partial charge is 0.480 e. The molecular weight excluding hydrogens is 228 g/mol. The van der Waals surface area contributed by atoms with Crippen LogP contribution in [-0.2, 0) is 9.59 Å². The molecule has 2 atom stereocenters. The minimum atomic E-state index is -0.959. The Hall–Kier alpha value is -0.750. The lowest BCUT2D eigenvalue weighted by atomic mass is 10.2. The minimum Gasteiger partial charge on any atom is -0.480 e. The minimum absolute atomic E-state index is 0.0315. The molecule has 0 aliphatic carbocycles. The third-order valence-corrected chi connectivity index (χ3v) is 3.67. The number of amides is 1. The number of carbonyl (C=O) groups excluding carboxylic acids is 1. The molecule has 2 N–H and O–H groups in total. The number of carbonyl (C=O) groups is 2. The van der Waals surface area contributed by atoms with Gasteiger partial charge in [-0.1, -0.05) is 6.92 Å². The Bertz CT molecular complexity index is 267. The van der Waals surface area contributed by atoms with Gasteiger partial charge in [0.15, 0.2) is 0 Å². The van der Waals surface area contributed by atoms with Gasteiger partial charge in [0.25, 0.3) is 0 Å². The Morgan fingerprint density at radius 2 is 2.31 bits per heavy atom. The van der Waals surface area contributed by atoms with Crippen LogP contribution in [0.1, 0.15) is 20.3 Å². The van der Waals surface area contributed by atoms with Crippen LogP contribution in [0.15, 0.2) is 0 Å². The second-order valence-corrected chi connectivity index (χ2v) is 4.92. The maximum atomic E-state index is 12.1. The fourth-order valence-electron chi connectivity index (χ4n) is 1.57. The molecule has 0 aromatic heterocycles. The Kier molecular flexibility index (Phi) is 5.08. The molecule has 5 nitrogen and oxygen atoms in total. The van der Waals surface area contributed by atoms with Crippen molar-refractivity contribution in [2.45, 2.75) is 32.4 Å². The van der Waals surface area contributed by atoms with Crippen LogP contribution in [0.4, 0.5) is 0 Å². The third-order valence-electron chi connectivity index (χ3n) is 2.73. The average molecular weight is 246 g/mol. The smallest absolute Gasteiger partial charge is 0.323 e. The summed E-state index contributed by atoms with van der Waals surface area (Å²) in [6.07, 6.45) is 0.763. The van der Waals surface area contributed by atoms with Gasteiger partial charge in [0.1, 0.15) is 6.54 Å². The number of rotatable bonds is 5. The molecule has 16 heavy (non-hydrogen) atoms. The van der Waals surface area contributed by atoms with Crippen LogP contribution in [0.5, 0.6) is 0 Å². The fraction of sp³-hybridized carbons (Fsp3) is 0.800. The van der Waals surface area contributed by atoms with E-state index in [0.29, 0.717) is 0 Å². The maximum absolute atomic E-state index is 12.1. The first-order valence-electron chi connectivity index (χ1n) is 5.39. The first-order chi connectivity index (χ1) is 7.56. The molecular formula is C10H18N2O3S. The van der Waals surface area contributed by atoms with Crippen LogP contribution in [0.2, 0.25) is 0 Å². The summed E-state index contributed by atoms with van der Waals surface area (Å²) in [5, 5.41) is 11.9. The zero-order valence-electron chi connectivity index (χ0n) is 9.60. The standard InChI is InChI=1S/C10H18N2O3S/c1-3-7(2)12(4-9(13)14)10(15)8-5-16-6-11-8/h7-8,11H,3-6H2,1-2H3,(H,13,14). The van der Waals surface area contributed by atoms with E-state index < -0.39 is 5.97 Å². The number of thioether (sulfide) groups is 1. The summed E-state index contributed by atoms with van der Waals surface area (Å²) >= 11 is 1.66. The summed E-state index contributed by atoms with van der Waals surface area (Å²) in [4.78, 5) is 24.2. The molecule has 1 rings (SSSR count). The highest BCUT2D eigenvalue weighted by atomic mass is 32.2. The number of carboxylic acid groups (broad SMARTS) is 1. The Balaban J connectivity index is 2.66. The van der Waals surface area contributed by atoms with Crippen molar-refractivity contribution in [3.63, 3.8) is 0 Å². The molecule has 6 heteroatoms. The third kappa shape index (κ3) is 3.38. The number of nitrogens with zero attached hydrogens (tertiary/aromatic N) is 1. The Morgan fingerprint density at radius 3 is 2.75 bits per heavy atom. The predicted molar refractivity (Wildman–Crippen MR) is 63.4 cm³/mol. The molecule has 0 radical (unpaired) electrons. The van der Waals surface area contributed by atoms with Crippen LogP contribution in [-0.4, -0.2) is 52.1 Å². The molecule has 1 saturated heterocycles. The van der Waals surface area contributed by atoms with Gasteiger partial charge in [0, 0.05) is 17.7 Å². The molecule has 1 aliphatic rings. The molecule has 0 aromatic rings. The summed E-state index contributed by atoms with van der Waals surface area (Å²) in [5.41, 5.74) is 0. The van der Waals surface area contributed by atoms with E-state index in [9.17, 15) is 9.59 Å². The first-order valence-corrected chi connectivity index (χ1v) is 6.55. The summed E-state index contributed by atoms with van der Waals surface area (Å²) in [5.74, 6) is 0.435. The van der Waals surface area contributed by atoms with Crippen molar-refractivity contribution in [2.75, 3.05) is 18.2 Å². The van der Waals surface area contributed by atoms with Gasteiger partial charge >= 0.3 is 5.97 Å². The van der Waals surface area contributed by atoms with Crippen molar-refractivity contribution < 1.29 is 14.7 Å². The van der Waals surface area contributed by atoms with Crippen molar-refractivity contribution in [3.05, 3.63) is 0 Å². The van der Waals surface area contributed by atoms with Gasteiger partial charge in [-0.3, -0.25) is 14.9 Å². The number of nitrogens with one attached hydrogen (secondary N) is 1. The SMILES string of the molecule is CCC(C)N(CC(=O)O)C(=O)C1CSCN1. The van der Waals surface area contributed by atoms with Gasteiger partial charge in [-0.25, -0.2) is 0 Å². The van der Waals surface area contributed by atoms with Gasteiger partial charge in [-0.05, 0) is 13.3 Å². The lowest BCUT2D eigenvalue weighted by Crippen LogP contribution is -2.50. The lowest BCUT2D eigenvalue weighted by molar-refractivity contribution is -0.146. The molecule has 92 valence electrons. The van der Waals surface area contributed by atoms with E-state index in [1.807, 2.05) is 13.8 Å². The molecule has 2 unspecified atom stereocenters. The predicted octanol–water partition coefficient (Wildman–Crippen LogP) is 0.361. The molecule has 0 bridgehead atoms. The van der Waals surface area contributed by atoms with Gasteiger partial charge in [-0.2, -0.15) is 0 Å². The highest BCUT2D eigenvalue weighted by Crippen LogP contribution is 2.14. The maximum Gasteiger partial charge on any atom is 0.323 e. The van der Waals surface area contributed by atoms with Gasteiger partial charge < -0.3 is 10.0 Å². The number of aliphatic carboxylic acids is 1. The molecule has 1 aliphatic heterocycles. The zero-order chi connectivity index (χ0) is 12.1. The van der Waals surface area contributed by atoms with Crippen molar-refractivity contribution in [1.29, 1.82) is 0 Å². The van der Waals surface area contributed by atoms with E-state index in [0.717, 1.165) is 18.1 Å². The highest BCUT2D eigenvalue weighted by molar-refractivity contribution is 7.99. The summed E-state index contributed by atoms with van der Waals surface area (Å²) in [7, 11) is 0. The fourth-order valence-corrected chi connectivity index (χ4v) is 2.50. The van der Waals surface area contributed by atoms with E-state index in [4.69, 9.17) is 5.11 Å². The van der Waals surface area contributed by atoms with Crippen LogP contribution in [0.25, 0.3) is 0 Å². The average Bonchev–Trinajstić information content (AvgIpc) is 2.77. The van der Waals surface area contributed by atoms with E-state index in [-0.39, 0.29) is 24.5 Å². The Labute approximate surface area is 99.6 Å². The Morgan fingerprint density at radius 1 is 1.62 bits per heavy atom. The van der Waals surface area contributed by atoms with Crippen LogP contribution in [0.3, 0.4) is 0 Å². The quantitative estimate of drug-likeness (QED) is 0.733. The normalized spacial score (nSPS) is 21.8. The van der Waals surface area contributed by atoms with Crippen LogP contribution in [0, 0.1) is 0 Å². The molecule has 1 heterocycles. The second-order valence-electron chi connectivity index (χ2n) is 3.89. The number of hydrogen-bond donors (Lipinski definition) is 2. The summed E-state index contributed by atoms with van der Waals surface area (Å²) in [6.45, 7) is 3.61. The van der Waals surface area contributed by atoms with Gasteiger partial charge in [-0.15, -0.1) is 11.8 Å². The summed E-state index contributed by atoms with van der Waals surface area (Å²) in [6, 6.07) is -0.255. The van der Waals surface area contributed by atoms with E-state index in [1.165, 1.54) is 4.90 Å². The van der Waals surface area contributed by atoms with E-state index in [2.05, 4.69) is 5.32 Å². The lowest BCUT2D eigenvalue weighted by Gasteiger charge is -2.29. The molecule has 1 amide bonds. The molecule has 0 saturated carbocycles.